The topological polar surface area (TPSA) is 80.6 Å². The summed E-state index contributed by atoms with van der Waals surface area (Å²) in [5, 5.41) is 5.69. The summed E-state index contributed by atoms with van der Waals surface area (Å²) in [4.78, 5) is 23.9. The maximum absolute atomic E-state index is 12.4. The molecule has 0 fully saturated rings. The molecule has 6 nitrogen and oxygen atoms in total. The molecule has 4 rings (SSSR count). The van der Waals surface area contributed by atoms with Crippen molar-refractivity contribution in [2.75, 3.05) is 10.6 Å². The Kier molecular flexibility index (Phi) is 5.57. The van der Waals surface area contributed by atoms with Crippen molar-refractivity contribution in [1.29, 1.82) is 0 Å². The Balaban J connectivity index is 1.35. The molecule has 2 aromatic carbocycles. The summed E-state index contributed by atoms with van der Waals surface area (Å²) in [5.74, 6) is 1.65. The Labute approximate surface area is 175 Å². The van der Waals surface area contributed by atoms with Crippen molar-refractivity contribution in [3.05, 3.63) is 77.2 Å². The number of ether oxygens (including phenoxy) is 1. The van der Waals surface area contributed by atoms with E-state index in [4.69, 9.17) is 9.15 Å². The zero-order valence-corrected chi connectivity index (χ0v) is 17.0. The lowest BCUT2D eigenvalue weighted by Crippen LogP contribution is -2.18. The van der Waals surface area contributed by atoms with Crippen LogP contribution in [-0.4, -0.2) is 11.8 Å². The predicted octanol–water partition coefficient (Wildman–Crippen LogP) is 5.12. The minimum absolute atomic E-state index is 0.0356. The van der Waals surface area contributed by atoms with Gasteiger partial charge in [0.1, 0.15) is 18.1 Å². The average Bonchev–Trinajstić information content (AvgIpc) is 3.22. The highest BCUT2D eigenvalue weighted by Crippen LogP contribution is 2.27. The largest absolute Gasteiger partial charge is 0.486 e. The van der Waals surface area contributed by atoms with Gasteiger partial charge in [-0.1, -0.05) is 26.0 Å². The van der Waals surface area contributed by atoms with Gasteiger partial charge in [-0.2, -0.15) is 0 Å². The molecule has 0 saturated heterocycles. The van der Waals surface area contributed by atoms with Gasteiger partial charge >= 0.3 is 0 Å². The van der Waals surface area contributed by atoms with Crippen LogP contribution in [0.15, 0.2) is 59.0 Å². The highest BCUT2D eigenvalue weighted by molar-refractivity contribution is 6.02. The molecule has 154 valence electrons. The van der Waals surface area contributed by atoms with Crippen LogP contribution < -0.4 is 15.4 Å². The van der Waals surface area contributed by atoms with Gasteiger partial charge in [0.2, 0.25) is 5.91 Å². The van der Waals surface area contributed by atoms with Crippen molar-refractivity contribution in [2.24, 2.45) is 0 Å². The highest BCUT2D eigenvalue weighted by Gasteiger charge is 2.16. The van der Waals surface area contributed by atoms with E-state index in [0.29, 0.717) is 30.3 Å². The molecule has 3 aromatic rings. The lowest BCUT2D eigenvalue weighted by Gasteiger charge is -2.17. The number of carbonyl (C=O) groups excluding carboxylic acids is 2. The van der Waals surface area contributed by atoms with Crippen molar-refractivity contribution in [3.8, 4) is 5.75 Å². The Morgan fingerprint density at radius 2 is 1.90 bits per heavy atom. The average molecular weight is 404 g/mol. The molecular formula is C24H24N2O4. The van der Waals surface area contributed by atoms with Crippen molar-refractivity contribution < 1.29 is 18.7 Å². The molecule has 0 unspecified atom stereocenters. The molecule has 1 aliphatic rings. The monoisotopic (exact) mass is 404 g/mol. The lowest BCUT2D eigenvalue weighted by molar-refractivity contribution is -0.116. The van der Waals surface area contributed by atoms with Crippen LogP contribution in [-0.2, 0) is 17.8 Å². The van der Waals surface area contributed by atoms with Crippen LogP contribution in [0.1, 0.15) is 53.6 Å². The summed E-state index contributed by atoms with van der Waals surface area (Å²) < 4.78 is 11.4. The Morgan fingerprint density at radius 3 is 2.67 bits per heavy atom. The maximum atomic E-state index is 12.4. The normalized spacial score (nSPS) is 13.0. The molecule has 0 radical (unpaired) electrons. The van der Waals surface area contributed by atoms with E-state index >= 15 is 0 Å². The molecule has 1 aromatic heterocycles. The molecule has 6 heteroatoms. The number of hydrogen-bond donors (Lipinski definition) is 2. The van der Waals surface area contributed by atoms with Gasteiger partial charge < -0.3 is 19.8 Å². The first kappa shape index (κ1) is 19.8. The summed E-state index contributed by atoms with van der Waals surface area (Å²) in [7, 11) is 0. The van der Waals surface area contributed by atoms with Gasteiger partial charge in [-0.3, -0.25) is 9.59 Å². The summed E-state index contributed by atoms with van der Waals surface area (Å²) in [6.07, 6.45) is 1.18. The molecule has 0 bridgehead atoms. The molecule has 0 aliphatic carbocycles. The number of furan rings is 1. The number of aryl methyl sites for hydroxylation is 1. The van der Waals surface area contributed by atoms with Crippen LogP contribution in [0.5, 0.6) is 5.75 Å². The van der Waals surface area contributed by atoms with E-state index in [2.05, 4.69) is 24.5 Å². The fourth-order valence-corrected chi connectivity index (χ4v) is 3.33. The number of carbonyl (C=O) groups is 2. The number of fused-ring (bicyclic) bond motifs is 1. The second-order valence-corrected chi connectivity index (χ2v) is 7.65. The first-order valence-electron chi connectivity index (χ1n) is 10.0. The van der Waals surface area contributed by atoms with Gasteiger partial charge in [0.25, 0.3) is 5.91 Å². The van der Waals surface area contributed by atoms with Crippen molar-refractivity contribution in [2.45, 2.75) is 39.2 Å². The maximum Gasteiger partial charge on any atom is 0.291 e. The summed E-state index contributed by atoms with van der Waals surface area (Å²) in [5.41, 5.74) is 3.82. The van der Waals surface area contributed by atoms with Crippen molar-refractivity contribution in [3.63, 3.8) is 0 Å². The van der Waals surface area contributed by atoms with Gasteiger partial charge in [0.05, 0.1) is 0 Å². The zero-order chi connectivity index (χ0) is 21.1. The number of rotatable bonds is 6. The first-order valence-corrected chi connectivity index (χ1v) is 10.0. The first-order chi connectivity index (χ1) is 14.5. The van der Waals surface area contributed by atoms with Crippen LogP contribution >= 0.6 is 0 Å². The van der Waals surface area contributed by atoms with E-state index in [1.807, 2.05) is 42.5 Å². The van der Waals surface area contributed by atoms with E-state index in [1.165, 1.54) is 5.56 Å². The van der Waals surface area contributed by atoms with E-state index in [1.54, 1.807) is 12.1 Å². The Bertz CT molecular complexity index is 1070. The van der Waals surface area contributed by atoms with Crippen LogP contribution in [0.2, 0.25) is 0 Å². The van der Waals surface area contributed by atoms with Gasteiger partial charge in [0, 0.05) is 17.8 Å². The molecular weight excluding hydrogens is 380 g/mol. The minimum Gasteiger partial charge on any atom is -0.486 e. The molecule has 0 saturated carbocycles. The standard InChI is InChI=1S/C24H24N2O4/c1-15(2)16-3-6-18(7-4-16)25-24(28)22-11-9-20(30-22)14-29-19-8-10-21-17(13-19)5-12-23(27)26-21/h3-4,6-11,13,15H,5,12,14H2,1-2H3,(H,25,28)(H,26,27). The third-order valence-electron chi connectivity index (χ3n) is 5.07. The molecule has 30 heavy (non-hydrogen) atoms. The fraction of sp³-hybridized carbons (Fsp3) is 0.250. The summed E-state index contributed by atoms with van der Waals surface area (Å²) in [6, 6.07) is 16.7. The number of anilines is 2. The highest BCUT2D eigenvalue weighted by atomic mass is 16.5. The Hall–Kier alpha value is -3.54. The van der Waals surface area contributed by atoms with Gasteiger partial charge in [-0.05, 0) is 65.9 Å². The number of amides is 2. The van der Waals surface area contributed by atoms with Crippen LogP contribution in [0, 0.1) is 0 Å². The lowest BCUT2D eigenvalue weighted by atomic mass is 10.0. The number of nitrogens with one attached hydrogen (secondary N) is 2. The van der Waals surface area contributed by atoms with E-state index in [-0.39, 0.29) is 24.2 Å². The third-order valence-corrected chi connectivity index (χ3v) is 5.07. The molecule has 2 heterocycles. The van der Waals surface area contributed by atoms with Gasteiger partial charge in [-0.15, -0.1) is 0 Å². The second-order valence-electron chi connectivity index (χ2n) is 7.65. The smallest absolute Gasteiger partial charge is 0.291 e. The van der Waals surface area contributed by atoms with Crippen LogP contribution in [0.25, 0.3) is 0 Å². The van der Waals surface area contributed by atoms with Crippen LogP contribution in [0.3, 0.4) is 0 Å². The van der Waals surface area contributed by atoms with E-state index < -0.39 is 0 Å². The predicted molar refractivity (Wildman–Crippen MR) is 115 cm³/mol. The SMILES string of the molecule is CC(C)c1ccc(NC(=O)c2ccc(COc3ccc4c(c3)CCC(=O)N4)o2)cc1. The number of hydrogen-bond acceptors (Lipinski definition) is 4. The Morgan fingerprint density at radius 1 is 1.10 bits per heavy atom. The molecule has 0 spiro atoms. The summed E-state index contributed by atoms with van der Waals surface area (Å²) >= 11 is 0. The quantitative estimate of drug-likeness (QED) is 0.598. The zero-order valence-electron chi connectivity index (χ0n) is 17.0. The van der Waals surface area contributed by atoms with Crippen molar-refractivity contribution in [1.82, 2.24) is 0 Å². The minimum atomic E-state index is -0.303. The van der Waals surface area contributed by atoms with Gasteiger partial charge in [-0.25, -0.2) is 0 Å². The second kappa shape index (κ2) is 8.45. The van der Waals surface area contributed by atoms with E-state index in [0.717, 1.165) is 16.9 Å². The third kappa shape index (κ3) is 4.54. The van der Waals surface area contributed by atoms with Crippen LogP contribution in [0.4, 0.5) is 11.4 Å². The molecule has 2 amide bonds. The summed E-state index contributed by atoms with van der Waals surface area (Å²) in [6.45, 7) is 4.46. The molecule has 1 aliphatic heterocycles. The van der Waals surface area contributed by atoms with Gasteiger partial charge in [0.15, 0.2) is 5.76 Å². The van der Waals surface area contributed by atoms with Crippen molar-refractivity contribution >= 4 is 23.2 Å². The van der Waals surface area contributed by atoms with E-state index in [9.17, 15) is 9.59 Å². The molecule has 2 N–H and O–H groups in total. The number of benzene rings is 2. The molecule has 0 atom stereocenters. The fourth-order valence-electron chi connectivity index (χ4n) is 3.33.